The summed E-state index contributed by atoms with van der Waals surface area (Å²) in [6.45, 7) is 10.3. The minimum atomic E-state index is -0.643. The molecule has 0 aliphatic rings. The molecule has 0 saturated heterocycles. The van der Waals surface area contributed by atoms with Crippen LogP contribution < -0.4 is 10.2 Å². The monoisotopic (exact) mass is 427 g/mol. The summed E-state index contributed by atoms with van der Waals surface area (Å²) in [5.41, 5.74) is 4.12. The Hall–Kier alpha value is -3.73. The van der Waals surface area contributed by atoms with Crippen molar-refractivity contribution in [3.05, 3.63) is 93.4 Å². The predicted octanol–water partition coefficient (Wildman–Crippen LogP) is 5.99. The molecule has 0 spiro atoms. The highest BCUT2D eigenvalue weighted by molar-refractivity contribution is 5.93. The van der Waals surface area contributed by atoms with E-state index in [9.17, 15) is 9.59 Å². The predicted molar refractivity (Wildman–Crippen MR) is 125 cm³/mol. The molecule has 4 rings (SSSR count). The van der Waals surface area contributed by atoms with Crippen LogP contribution in [0.15, 0.2) is 70.1 Å². The maximum absolute atomic E-state index is 13.4. The summed E-state index contributed by atoms with van der Waals surface area (Å²) >= 11 is 0. The molecule has 32 heavy (non-hydrogen) atoms. The molecular weight excluding hydrogens is 402 g/mol. The largest absolute Gasteiger partial charge is 0.452 e. The number of esters is 1. The topological polar surface area (TPSA) is 69.4 Å². The molecular formula is C27H25NO4. The van der Waals surface area contributed by atoms with Gasteiger partial charge in [-0.3, -0.25) is 9.78 Å². The minimum absolute atomic E-state index is 0.0198. The zero-order valence-electron chi connectivity index (χ0n) is 18.9. The molecule has 0 bridgehead atoms. The van der Waals surface area contributed by atoms with Crippen molar-refractivity contribution in [2.75, 3.05) is 0 Å². The third-order valence-corrected chi connectivity index (χ3v) is 5.59. The number of hydrogen-bond donors (Lipinski definition) is 0. The normalized spacial score (nSPS) is 11.5. The van der Waals surface area contributed by atoms with Gasteiger partial charge in [0, 0.05) is 18.0 Å². The van der Waals surface area contributed by atoms with Gasteiger partial charge in [-0.15, -0.1) is 0 Å². The van der Waals surface area contributed by atoms with Gasteiger partial charge in [0.15, 0.2) is 5.76 Å². The second kappa shape index (κ2) is 8.08. The maximum Gasteiger partial charge on any atom is 0.343 e. The van der Waals surface area contributed by atoms with E-state index in [1.165, 1.54) is 24.5 Å². The molecule has 5 heteroatoms. The Morgan fingerprint density at radius 3 is 2.19 bits per heavy atom. The van der Waals surface area contributed by atoms with E-state index < -0.39 is 5.97 Å². The van der Waals surface area contributed by atoms with Crippen molar-refractivity contribution in [1.82, 2.24) is 4.98 Å². The van der Waals surface area contributed by atoms with E-state index in [0.717, 1.165) is 16.7 Å². The van der Waals surface area contributed by atoms with Crippen molar-refractivity contribution in [1.29, 1.82) is 0 Å². The summed E-state index contributed by atoms with van der Waals surface area (Å²) in [6, 6.07) is 14.4. The highest BCUT2D eigenvalue weighted by atomic mass is 16.5. The number of aryl methyl sites for hydroxylation is 2. The first-order chi connectivity index (χ1) is 15.1. The van der Waals surface area contributed by atoms with Crippen LogP contribution in [0, 0.1) is 13.8 Å². The minimum Gasteiger partial charge on any atom is -0.452 e. The van der Waals surface area contributed by atoms with Crippen LogP contribution in [-0.2, 0) is 5.41 Å². The maximum atomic E-state index is 13.4. The molecule has 2 aromatic heterocycles. The van der Waals surface area contributed by atoms with Crippen LogP contribution in [0.3, 0.4) is 0 Å². The summed E-state index contributed by atoms with van der Waals surface area (Å²) < 4.78 is 11.8. The third-order valence-electron chi connectivity index (χ3n) is 5.59. The van der Waals surface area contributed by atoms with Gasteiger partial charge in [0.2, 0.25) is 11.2 Å². The molecule has 2 heterocycles. The van der Waals surface area contributed by atoms with Gasteiger partial charge in [0.1, 0.15) is 5.58 Å². The lowest BCUT2D eigenvalue weighted by atomic mass is 9.86. The molecule has 0 saturated carbocycles. The summed E-state index contributed by atoms with van der Waals surface area (Å²) in [7, 11) is 0. The van der Waals surface area contributed by atoms with Crippen molar-refractivity contribution in [3.8, 4) is 17.1 Å². The molecule has 0 fully saturated rings. The standard InChI is InChI=1S/C27H25NO4/c1-16-14-21-22(15-17(16)2)31-24(18-6-8-20(9-7-18)27(3,4)5)25(23(21)29)32-26(30)19-10-12-28-13-11-19/h6-15H,1-5H3. The molecule has 4 aromatic rings. The van der Waals surface area contributed by atoms with Crippen molar-refractivity contribution >= 4 is 16.9 Å². The molecule has 0 unspecified atom stereocenters. The SMILES string of the molecule is Cc1cc2oc(-c3ccc(C(C)(C)C)cc3)c(OC(=O)c3ccncc3)c(=O)c2cc1C. The number of benzene rings is 2. The molecule has 0 atom stereocenters. The molecule has 0 aliphatic carbocycles. The average molecular weight is 428 g/mol. The second-order valence-corrected chi connectivity index (χ2v) is 8.97. The van der Waals surface area contributed by atoms with Gasteiger partial charge < -0.3 is 9.15 Å². The Bertz CT molecular complexity index is 1360. The number of rotatable bonds is 3. The first-order valence-electron chi connectivity index (χ1n) is 10.5. The van der Waals surface area contributed by atoms with Gasteiger partial charge in [0.25, 0.3) is 0 Å². The number of nitrogens with zero attached hydrogens (tertiary/aromatic N) is 1. The van der Waals surface area contributed by atoms with Gasteiger partial charge in [-0.05, 0) is 60.2 Å². The van der Waals surface area contributed by atoms with Gasteiger partial charge >= 0.3 is 5.97 Å². The lowest BCUT2D eigenvalue weighted by Gasteiger charge is -2.19. The Kier molecular flexibility index (Phi) is 5.43. The van der Waals surface area contributed by atoms with Crippen LogP contribution in [0.2, 0.25) is 0 Å². The van der Waals surface area contributed by atoms with Gasteiger partial charge in [-0.25, -0.2) is 4.79 Å². The second-order valence-electron chi connectivity index (χ2n) is 8.97. The first kappa shape index (κ1) is 21.5. The van der Waals surface area contributed by atoms with E-state index in [1.54, 1.807) is 6.07 Å². The summed E-state index contributed by atoms with van der Waals surface area (Å²) in [6.07, 6.45) is 3.00. The van der Waals surface area contributed by atoms with E-state index in [1.807, 2.05) is 44.2 Å². The van der Waals surface area contributed by atoms with Gasteiger partial charge in [0.05, 0.1) is 10.9 Å². The highest BCUT2D eigenvalue weighted by Crippen LogP contribution is 2.33. The number of hydrogen-bond acceptors (Lipinski definition) is 5. The van der Waals surface area contributed by atoms with Crippen LogP contribution in [0.4, 0.5) is 0 Å². The number of fused-ring (bicyclic) bond motifs is 1. The van der Waals surface area contributed by atoms with Gasteiger partial charge in [-0.2, -0.15) is 0 Å². The van der Waals surface area contributed by atoms with E-state index >= 15 is 0 Å². The van der Waals surface area contributed by atoms with Crippen molar-refractivity contribution in [2.24, 2.45) is 0 Å². The van der Waals surface area contributed by atoms with Crippen LogP contribution in [0.5, 0.6) is 5.75 Å². The van der Waals surface area contributed by atoms with E-state index in [0.29, 0.717) is 22.1 Å². The fraction of sp³-hybridized carbons (Fsp3) is 0.222. The lowest BCUT2D eigenvalue weighted by molar-refractivity contribution is 0.0731. The summed E-state index contributed by atoms with van der Waals surface area (Å²) in [5.74, 6) is -0.532. The fourth-order valence-electron chi connectivity index (χ4n) is 3.48. The Morgan fingerprint density at radius 1 is 0.938 bits per heavy atom. The van der Waals surface area contributed by atoms with E-state index in [4.69, 9.17) is 9.15 Å². The van der Waals surface area contributed by atoms with Crippen LogP contribution >= 0.6 is 0 Å². The summed E-state index contributed by atoms with van der Waals surface area (Å²) in [5, 5.41) is 0.376. The quantitative estimate of drug-likeness (QED) is 0.376. The van der Waals surface area contributed by atoms with Gasteiger partial charge in [-0.1, -0.05) is 45.0 Å². The van der Waals surface area contributed by atoms with Crippen LogP contribution in [0.25, 0.3) is 22.3 Å². The molecule has 0 radical (unpaired) electrons. The molecule has 0 N–H and O–H groups in total. The zero-order chi connectivity index (χ0) is 23.0. The average Bonchev–Trinajstić information content (AvgIpc) is 2.77. The van der Waals surface area contributed by atoms with Crippen molar-refractivity contribution in [3.63, 3.8) is 0 Å². The number of ether oxygens (including phenoxy) is 1. The molecule has 0 aliphatic heterocycles. The number of pyridine rings is 1. The van der Waals surface area contributed by atoms with E-state index in [-0.39, 0.29) is 22.4 Å². The molecule has 0 amide bonds. The van der Waals surface area contributed by atoms with Crippen LogP contribution in [-0.4, -0.2) is 11.0 Å². The Labute approximate surface area is 186 Å². The Morgan fingerprint density at radius 2 is 1.56 bits per heavy atom. The molecule has 2 aromatic carbocycles. The third kappa shape index (κ3) is 4.06. The Balaban J connectivity index is 1.91. The number of carbonyl (C=O) groups excluding carboxylic acids is 1. The molecule has 5 nitrogen and oxygen atoms in total. The smallest absolute Gasteiger partial charge is 0.343 e. The summed E-state index contributed by atoms with van der Waals surface area (Å²) in [4.78, 5) is 30.1. The van der Waals surface area contributed by atoms with Crippen molar-refractivity contribution in [2.45, 2.75) is 40.0 Å². The van der Waals surface area contributed by atoms with Crippen molar-refractivity contribution < 1.29 is 13.9 Å². The molecule has 162 valence electrons. The van der Waals surface area contributed by atoms with Crippen LogP contribution in [0.1, 0.15) is 47.8 Å². The van der Waals surface area contributed by atoms with E-state index in [2.05, 4.69) is 25.8 Å². The zero-order valence-corrected chi connectivity index (χ0v) is 18.9. The first-order valence-corrected chi connectivity index (χ1v) is 10.5. The highest BCUT2D eigenvalue weighted by Gasteiger charge is 2.22. The number of aromatic nitrogens is 1. The number of carbonyl (C=O) groups is 1. The fourth-order valence-corrected chi connectivity index (χ4v) is 3.48. The lowest BCUT2D eigenvalue weighted by Crippen LogP contribution is -2.16.